The summed E-state index contributed by atoms with van der Waals surface area (Å²) in [6, 6.07) is 12.8. The van der Waals surface area contributed by atoms with E-state index in [1.54, 1.807) is 44.2 Å². The highest BCUT2D eigenvalue weighted by molar-refractivity contribution is 6.15. The Morgan fingerprint density at radius 2 is 1.79 bits per heavy atom. The molecule has 0 spiro atoms. The van der Waals surface area contributed by atoms with Gasteiger partial charge >= 0.3 is 5.97 Å². The lowest BCUT2D eigenvalue weighted by atomic mass is 9.95. The smallest absolute Gasteiger partial charge is 0.311 e. The predicted molar refractivity (Wildman–Crippen MR) is 102 cm³/mol. The fourth-order valence-electron chi connectivity index (χ4n) is 3.11. The zero-order valence-electron chi connectivity index (χ0n) is 15.9. The van der Waals surface area contributed by atoms with Crippen molar-refractivity contribution in [3.05, 3.63) is 59.9 Å². The Balaban J connectivity index is 1.79. The molecule has 0 unspecified atom stereocenters. The second kappa shape index (κ2) is 7.42. The summed E-state index contributed by atoms with van der Waals surface area (Å²) in [6.45, 7) is 4.67. The van der Waals surface area contributed by atoms with Crippen LogP contribution in [-0.2, 0) is 25.5 Å². The minimum atomic E-state index is -1.17. The zero-order valence-corrected chi connectivity index (χ0v) is 15.9. The van der Waals surface area contributed by atoms with Crippen LogP contribution in [0.15, 0.2) is 48.5 Å². The van der Waals surface area contributed by atoms with Gasteiger partial charge < -0.3 is 10.1 Å². The summed E-state index contributed by atoms with van der Waals surface area (Å²) < 4.78 is 19.0. The first-order valence-electron chi connectivity index (χ1n) is 8.89. The van der Waals surface area contributed by atoms with Gasteiger partial charge in [-0.25, -0.2) is 4.39 Å². The number of halogens is 1. The monoisotopic (exact) mass is 384 g/mol. The van der Waals surface area contributed by atoms with Crippen LogP contribution in [0.3, 0.4) is 0 Å². The van der Waals surface area contributed by atoms with Gasteiger partial charge in [0.05, 0.1) is 17.8 Å². The van der Waals surface area contributed by atoms with Crippen LogP contribution in [-0.4, -0.2) is 29.4 Å². The number of amides is 2. The number of carbonyl (C=O) groups is 3. The van der Waals surface area contributed by atoms with Gasteiger partial charge in [-0.2, -0.15) is 0 Å². The number of para-hydroxylation sites is 2. The Bertz CT molecular complexity index is 942. The molecule has 0 fully saturated rings. The lowest BCUT2D eigenvalue weighted by Gasteiger charge is -2.42. The van der Waals surface area contributed by atoms with Crippen LogP contribution in [0.4, 0.5) is 15.8 Å². The minimum absolute atomic E-state index is 0.190. The molecular formula is C21H21FN2O4. The molecule has 3 rings (SSSR count). The van der Waals surface area contributed by atoms with Crippen LogP contribution in [0.1, 0.15) is 26.3 Å². The number of nitrogens with zero attached hydrogens (tertiary/aromatic N) is 1. The quantitative estimate of drug-likeness (QED) is 0.822. The van der Waals surface area contributed by atoms with Crippen molar-refractivity contribution in [3.63, 3.8) is 0 Å². The molecule has 6 nitrogen and oxygen atoms in total. The largest absolute Gasteiger partial charge is 0.452 e. The van der Waals surface area contributed by atoms with Crippen LogP contribution < -0.4 is 10.2 Å². The molecule has 0 radical (unpaired) electrons. The third-order valence-corrected chi connectivity index (χ3v) is 4.68. The lowest BCUT2D eigenvalue weighted by molar-refractivity contribution is -0.153. The van der Waals surface area contributed by atoms with Gasteiger partial charge in [0.1, 0.15) is 11.4 Å². The van der Waals surface area contributed by atoms with Gasteiger partial charge in [0.2, 0.25) is 5.91 Å². The normalized spacial score (nSPS) is 16.0. The van der Waals surface area contributed by atoms with E-state index in [9.17, 15) is 18.8 Å². The summed E-state index contributed by atoms with van der Waals surface area (Å²) in [5.41, 5.74) is 0.0480. The van der Waals surface area contributed by atoms with Gasteiger partial charge in [-0.05, 0) is 44.5 Å². The van der Waals surface area contributed by atoms with Crippen LogP contribution in [0.5, 0.6) is 0 Å². The summed E-state index contributed by atoms with van der Waals surface area (Å²) in [4.78, 5) is 39.1. The molecule has 1 heterocycles. The molecule has 1 aliphatic heterocycles. The van der Waals surface area contributed by atoms with E-state index in [-0.39, 0.29) is 17.9 Å². The predicted octanol–water partition coefficient (Wildman–Crippen LogP) is 3.06. The van der Waals surface area contributed by atoms with Gasteiger partial charge in [0.25, 0.3) is 5.91 Å². The second-order valence-corrected chi connectivity index (χ2v) is 7.10. The highest BCUT2D eigenvalue weighted by Crippen LogP contribution is 2.37. The summed E-state index contributed by atoms with van der Waals surface area (Å²) in [6.07, 6.45) is -1.43. The van der Waals surface area contributed by atoms with Crippen molar-refractivity contribution in [2.24, 2.45) is 0 Å². The maximum atomic E-state index is 13.7. The maximum absolute atomic E-state index is 13.7. The van der Waals surface area contributed by atoms with Crippen molar-refractivity contribution >= 4 is 29.2 Å². The molecule has 7 heteroatoms. The topological polar surface area (TPSA) is 75.7 Å². The van der Waals surface area contributed by atoms with Crippen molar-refractivity contribution in [1.29, 1.82) is 0 Å². The molecule has 2 aromatic carbocycles. The molecule has 0 saturated carbocycles. The summed E-state index contributed by atoms with van der Waals surface area (Å²) >= 11 is 0. The third kappa shape index (κ3) is 3.60. The van der Waals surface area contributed by atoms with Gasteiger partial charge in [0.15, 0.2) is 6.10 Å². The Morgan fingerprint density at radius 3 is 2.50 bits per heavy atom. The molecular weight excluding hydrogens is 363 g/mol. The van der Waals surface area contributed by atoms with Crippen LogP contribution in [0.25, 0.3) is 0 Å². The van der Waals surface area contributed by atoms with Crippen molar-refractivity contribution in [3.8, 4) is 0 Å². The average Bonchev–Trinajstić information content (AvgIpc) is 2.64. The van der Waals surface area contributed by atoms with E-state index in [2.05, 4.69) is 5.32 Å². The van der Waals surface area contributed by atoms with E-state index in [1.807, 2.05) is 0 Å². The average molecular weight is 384 g/mol. The molecule has 146 valence electrons. The Labute approximate surface area is 162 Å². The third-order valence-electron chi connectivity index (χ3n) is 4.68. The van der Waals surface area contributed by atoms with Crippen LogP contribution >= 0.6 is 0 Å². The van der Waals surface area contributed by atoms with E-state index < -0.39 is 29.3 Å². The lowest BCUT2D eigenvalue weighted by Crippen LogP contribution is -2.60. The number of esters is 1. The van der Waals surface area contributed by atoms with Crippen molar-refractivity contribution < 1.29 is 23.5 Å². The molecule has 1 atom stereocenters. The summed E-state index contributed by atoms with van der Waals surface area (Å²) in [5.74, 6) is -2.11. The molecule has 0 aliphatic carbocycles. The maximum Gasteiger partial charge on any atom is 0.311 e. The van der Waals surface area contributed by atoms with Crippen molar-refractivity contribution in [1.82, 2.24) is 0 Å². The first kappa shape index (κ1) is 19.5. The number of hydrogen-bond acceptors (Lipinski definition) is 4. The van der Waals surface area contributed by atoms with E-state index in [1.165, 1.54) is 30.0 Å². The highest BCUT2D eigenvalue weighted by atomic mass is 19.1. The van der Waals surface area contributed by atoms with Gasteiger partial charge in [0, 0.05) is 0 Å². The van der Waals surface area contributed by atoms with Crippen molar-refractivity contribution in [2.75, 3.05) is 10.2 Å². The molecule has 0 saturated heterocycles. The van der Waals surface area contributed by atoms with E-state index >= 15 is 0 Å². The molecule has 1 N–H and O–H groups in total. The number of nitrogens with one attached hydrogen (secondary N) is 1. The van der Waals surface area contributed by atoms with Crippen LogP contribution in [0.2, 0.25) is 0 Å². The standard InChI is InChI=1S/C21H21FN2O4/c1-13(28-18(25)12-14-8-4-5-9-15(14)22)19(26)24-17-11-7-6-10-16(17)23-20(27)21(24,2)3/h4-11,13H,12H2,1-3H3,(H,23,27)/t13-/m1/s1. The van der Waals surface area contributed by atoms with Gasteiger partial charge in [-0.3, -0.25) is 19.3 Å². The number of hydrogen-bond donors (Lipinski definition) is 1. The number of rotatable bonds is 4. The van der Waals surface area contributed by atoms with Gasteiger partial charge in [-0.15, -0.1) is 0 Å². The van der Waals surface area contributed by atoms with E-state index in [0.717, 1.165) is 0 Å². The van der Waals surface area contributed by atoms with Crippen molar-refractivity contribution in [2.45, 2.75) is 38.8 Å². The molecule has 2 amide bonds. The first-order valence-corrected chi connectivity index (χ1v) is 8.89. The number of anilines is 2. The molecule has 28 heavy (non-hydrogen) atoms. The summed E-state index contributed by atoms with van der Waals surface area (Å²) in [7, 11) is 0. The first-order chi connectivity index (χ1) is 13.2. The Hall–Kier alpha value is -3.22. The fourth-order valence-corrected chi connectivity index (χ4v) is 3.11. The number of benzene rings is 2. The Morgan fingerprint density at radius 1 is 1.14 bits per heavy atom. The fraction of sp³-hybridized carbons (Fsp3) is 0.286. The molecule has 2 aromatic rings. The number of fused-ring (bicyclic) bond motifs is 1. The SMILES string of the molecule is C[C@@H](OC(=O)Cc1ccccc1F)C(=O)N1c2ccccc2NC(=O)C1(C)C. The number of carbonyl (C=O) groups excluding carboxylic acids is 3. The summed E-state index contributed by atoms with van der Waals surface area (Å²) in [5, 5.41) is 2.77. The van der Waals surface area contributed by atoms with E-state index in [0.29, 0.717) is 11.4 Å². The molecule has 0 aromatic heterocycles. The molecule has 0 bridgehead atoms. The Kier molecular flexibility index (Phi) is 5.18. The molecule has 1 aliphatic rings. The van der Waals surface area contributed by atoms with E-state index in [4.69, 9.17) is 4.74 Å². The van der Waals surface area contributed by atoms with Gasteiger partial charge in [-0.1, -0.05) is 30.3 Å². The van der Waals surface area contributed by atoms with Crippen LogP contribution in [0, 0.1) is 5.82 Å². The highest BCUT2D eigenvalue weighted by Gasteiger charge is 2.45. The second-order valence-electron chi connectivity index (χ2n) is 7.10. The number of ether oxygens (including phenoxy) is 1. The minimum Gasteiger partial charge on any atom is -0.452 e. The zero-order chi connectivity index (χ0) is 20.5.